The molecule has 0 aromatic carbocycles. The van der Waals surface area contributed by atoms with Crippen LogP contribution in [-0.2, 0) is 13.5 Å². The SMILES string of the molecule is Cc1nn(C)c(CC(N)CC2CC2)c1Cl. The van der Waals surface area contributed by atoms with Crippen molar-refractivity contribution in [3.63, 3.8) is 0 Å². The monoisotopic (exact) mass is 227 g/mol. The van der Waals surface area contributed by atoms with Crippen molar-refractivity contribution in [1.29, 1.82) is 0 Å². The zero-order valence-corrected chi connectivity index (χ0v) is 10.1. The van der Waals surface area contributed by atoms with Crippen molar-refractivity contribution in [3.05, 3.63) is 16.4 Å². The van der Waals surface area contributed by atoms with Gasteiger partial charge in [0.2, 0.25) is 0 Å². The number of nitrogens with two attached hydrogens (primary N) is 1. The van der Waals surface area contributed by atoms with E-state index in [-0.39, 0.29) is 6.04 Å². The molecule has 1 heterocycles. The Bertz CT molecular complexity index is 355. The topological polar surface area (TPSA) is 43.8 Å². The Balaban J connectivity index is 2.01. The number of hydrogen-bond donors (Lipinski definition) is 1. The molecule has 1 aliphatic rings. The molecule has 0 bridgehead atoms. The third kappa shape index (κ3) is 2.52. The molecule has 84 valence electrons. The van der Waals surface area contributed by atoms with E-state index in [0.717, 1.165) is 35.2 Å². The van der Waals surface area contributed by atoms with Gasteiger partial charge in [-0.2, -0.15) is 5.10 Å². The summed E-state index contributed by atoms with van der Waals surface area (Å²) >= 11 is 6.17. The number of halogens is 1. The third-order valence-corrected chi connectivity index (χ3v) is 3.54. The summed E-state index contributed by atoms with van der Waals surface area (Å²) in [4.78, 5) is 0. The van der Waals surface area contributed by atoms with Crippen LogP contribution in [0.5, 0.6) is 0 Å². The predicted octanol–water partition coefficient (Wildman–Crippen LogP) is 2.05. The van der Waals surface area contributed by atoms with Crippen LogP contribution in [0.15, 0.2) is 0 Å². The first-order valence-electron chi connectivity index (χ1n) is 5.51. The Hall–Kier alpha value is -0.540. The molecule has 0 saturated heterocycles. The van der Waals surface area contributed by atoms with Crippen LogP contribution in [-0.4, -0.2) is 15.8 Å². The average molecular weight is 228 g/mol. The minimum atomic E-state index is 0.227. The van der Waals surface area contributed by atoms with E-state index < -0.39 is 0 Å². The van der Waals surface area contributed by atoms with Crippen LogP contribution in [0.2, 0.25) is 5.02 Å². The molecule has 1 fully saturated rings. The highest BCUT2D eigenvalue weighted by Crippen LogP contribution is 2.34. The maximum Gasteiger partial charge on any atom is 0.0847 e. The van der Waals surface area contributed by atoms with Crippen molar-refractivity contribution in [3.8, 4) is 0 Å². The molecule has 4 heteroatoms. The summed E-state index contributed by atoms with van der Waals surface area (Å²) in [7, 11) is 1.93. The summed E-state index contributed by atoms with van der Waals surface area (Å²) in [5.41, 5.74) is 8.06. The van der Waals surface area contributed by atoms with Crippen LogP contribution >= 0.6 is 11.6 Å². The minimum Gasteiger partial charge on any atom is -0.327 e. The lowest BCUT2D eigenvalue weighted by atomic mass is 10.1. The predicted molar refractivity (Wildman–Crippen MR) is 62.0 cm³/mol. The first-order chi connectivity index (χ1) is 7.08. The summed E-state index contributed by atoms with van der Waals surface area (Å²) in [5.74, 6) is 0.869. The van der Waals surface area contributed by atoms with Gasteiger partial charge in [-0.3, -0.25) is 4.68 Å². The fraction of sp³-hybridized carbons (Fsp3) is 0.727. The molecule has 2 rings (SSSR count). The maximum absolute atomic E-state index is 6.17. The number of aryl methyl sites for hydroxylation is 2. The molecule has 1 unspecified atom stereocenters. The van der Waals surface area contributed by atoms with Crippen LogP contribution in [0.3, 0.4) is 0 Å². The van der Waals surface area contributed by atoms with Crippen LogP contribution in [0.25, 0.3) is 0 Å². The van der Waals surface area contributed by atoms with Crippen LogP contribution in [0, 0.1) is 12.8 Å². The lowest BCUT2D eigenvalue weighted by Crippen LogP contribution is -2.24. The molecule has 2 N–H and O–H groups in total. The van der Waals surface area contributed by atoms with Crippen LogP contribution in [0.4, 0.5) is 0 Å². The molecule has 1 aliphatic carbocycles. The van der Waals surface area contributed by atoms with Crippen molar-refractivity contribution >= 4 is 11.6 Å². The molecule has 1 aromatic heterocycles. The highest BCUT2D eigenvalue weighted by atomic mass is 35.5. The smallest absolute Gasteiger partial charge is 0.0847 e. The van der Waals surface area contributed by atoms with Gasteiger partial charge in [0, 0.05) is 19.5 Å². The van der Waals surface area contributed by atoms with Gasteiger partial charge < -0.3 is 5.73 Å². The van der Waals surface area contributed by atoms with Gasteiger partial charge in [-0.05, 0) is 19.3 Å². The van der Waals surface area contributed by atoms with Gasteiger partial charge in [0.25, 0.3) is 0 Å². The molecule has 0 aliphatic heterocycles. The highest BCUT2D eigenvalue weighted by molar-refractivity contribution is 6.31. The number of nitrogens with zero attached hydrogens (tertiary/aromatic N) is 2. The van der Waals surface area contributed by atoms with E-state index in [0.29, 0.717) is 0 Å². The molecule has 1 atom stereocenters. The van der Waals surface area contributed by atoms with E-state index in [1.807, 2.05) is 18.7 Å². The summed E-state index contributed by atoms with van der Waals surface area (Å²) in [6.45, 7) is 1.93. The molecule has 15 heavy (non-hydrogen) atoms. The largest absolute Gasteiger partial charge is 0.327 e. The lowest BCUT2D eigenvalue weighted by molar-refractivity contribution is 0.545. The fourth-order valence-electron chi connectivity index (χ4n) is 2.02. The Labute approximate surface area is 95.6 Å². The Morgan fingerprint density at radius 2 is 2.27 bits per heavy atom. The summed E-state index contributed by atoms with van der Waals surface area (Å²) < 4.78 is 1.85. The number of aromatic nitrogens is 2. The Kier molecular flexibility index (Phi) is 3.03. The molecular weight excluding hydrogens is 210 g/mol. The molecule has 1 saturated carbocycles. The van der Waals surface area contributed by atoms with E-state index in [2.05, 4.69) is 5.10 Å². The fourth-order valence-corrected chi connectivity index (χ4v) is 2.25. The molecular formula is C11H18ClN3. The zero-order valence-electron chi connectivity index (χ0n) is 9.33. The van der Waals surface area contributed by atoms with Crippen molar-refractivity contribution < 1.29 is 0 Å². The van der Waals surface area contributed by atoms with Crippen molar-refractivity contribution in [2.75, 3.05) is 0 Å². The van der Waals surface area contributed by atoms with Gasteiger partial charge >= 0.3 is 0 Å². The van der Waals surface area contributed by atoms with Crippen molar-refractivity contribution in [2.24, 2.45) is 18.7 Å². The van der Waals surface area contributed by atoms with Gasteiger partial charge in [0.1, 0.15) is 0 Å². The number of hydrogen-bond acceptors (Lipinski definition) is 2. The average Bonchev–Trinajstić information content (AvgIpc) is 2.92. The second kappa shape index (κ2) is 4.14. The summed E-state index contributed by atoms with van der Waals surface area (Å²) in [6, 6.07) is 0.227. The molecule has 0 amide bonds. The van der Waals surface area contributed by atoms with E-state index >= 15 is 0 Å². The second-order valence-corrected chi connectivity index (χ2v) is 4.99. The second-order valence-electron chi connectivity index (χ2n) is 4.61. The van der Waals surface area contributed by atoms with Gasteiger partial charge in [-0.25, -0.2) is 0 Å². The van der Waals surface area contributed by atoms with E-state index in [4.69, 9.17) is 17.3 Å². The first-order valence-corrected chi connectivity index (χ1v) is 5.89. The zero-order chi connectivity index (χ0) is 11.0. The van der Waals surface area contributed by atoms with E-state index in [1.165, 1.54) is 12.8 Å². The quantitative estimate of drug-likeness (QED) is 0.856. The summed E-state index contributed by atoms with van der Waals surface area (Å²) in [6.07, 6.45) is 4.67. The van der Waals surface area contributed by atoms with E-state index in [1.54, 1.807) is 0 Å². The summed E-state index contributed by atoms with van der Waals surface area (Å²) in [5, 5.41) is 5.07. The van der Waals surface area contributed by atoms with Crippen molar-refractivity contribution in [2.45, 2.75) is 38.6 Å². The van der Waals surface area contributed by atoms with Gasteiger partial charge in [0.15, 0.2) is 0 Å². The third-order valence-electron chi connectivity index (χ3n) is 3.05. The van der Waals surface area contributed by atoms with Crippen LogP contribution in [0.1, 0.15) is 30.7 Å². The van der Waals surface area contributed by atoms with Crippen LogP contribution < -0.4 is 5.73 Å². The minimum absolute atomic E-state index is 0.227. The highest BCUT2D eigenvalue weighted by Gasteiger charge is 2.25. The standard InChI is InChI=1S/C11H18ClN3/c1-7-11(12)10(15(2)14-7)6-9(13)5-8-3-4-8/h8-9H,3-6,13H2,1-2H3. The molecule has 0 spiro atoms. The van der Waals surface area contributed by atoms with E-state index in [9.17, 15) is 0 Å². The van der Waals surface area contributed by atoms with Gasteiger partial charge in [0.05, 0.1) is 16.4 Å². The van der Waals surface area contributed by atoms with Gasteiger partial charge in [-0.1, -0.05) is 24.4 Å². The molecule has 3 nitrogen and oxygen atoms in total. The lowest BCUT2D eigenvalue weighted by Gasteiger charge is -2.11. The number of rotatable bonds is 4. The molecule has 0 radical (unpaired) electrons. The van der Waals surface area contributed by atoms with Crippen molar-refractivity contribution in [1.82, 2.24) is 9.78 Å². The normalized spacial score (nSPS) is 18.1. The first kappa shape index (κ1) is 11.0. The Morgan fingerprint density at radius 3 is 2.73 bits per heavy atom. The van der Waals surface area contributed by atoms with Gasteiger partial charge in [-0.15, -0.1) is 0 Å². The Morgan fingerprint density at radius 1 is 1.60 bits per heavy atom. The molecule has 1 aromatic rings. The maximum atomic E-state index is 6.17.